The first-order chi connectivity index (χ1) is 14.3. The van der Waals surface area contributed by atoms with Crippen LogP contribution in [-0.2, 0) is 6.61 Å². The molecular formula is C23H24BrNO5. The van der Waals surface area contributed by atoms with Crippen molar-refractivity contribution in [3.05, 3.63) is 68.0 Å². The summed E-state index contributed by atoms with van der Waals surface area (Å²) in [4.78, 5) is 14.6. The summed E-state index contributed by atoms with van der Waals surface area (Å²) in [6.07, 6.45) is 0.0359. The molecule has 2 unspecified atom stereocenters. The molecule has 6 nitrogen and oxygen atoms in total. The number of ether oxygens (including phenoxy) is 1. The first kappa shape index (κ1) is 20.9. The van der Waals surface area contributed by atoms with E-state index in [1.54, 1.807) is 6.92 Å². The van der Waals surface area contributed by atoms with Crippen molar-refractivity contribution in [3.8, 4) is 11.5 Å². The molecular weight excluding hydrogens is 450 g/mol. The molecule has 1 saturated heterocycles. The van der Waals surface area contributed by atoms with E-state index < -0.39 is 6.10 Å². The fraction of sp³-hybridized carbons (Fsp3) is 0.348. The minimum atomic E-state index is -0.645. The predicted molar refractivity (Wildman–Crippen MR) is 118 cm³/mol. The summed E-state index contributed by atoms with van der Waals surface area (Å²) in [5, 5.41) is 21.5. The zero-order valence-electron chi connectivity index (χ0n) is 16.9. The van der Waals surface area contributed by atoms with Crippen LogP contribution in [0.2, 0.25) is 0 Å². The van der Waals surface area contributed by atoms with Gasteiger partial charge < -0.3 is 24.3 Å². The van der Waals surface area contributed by atoms with Crippen LogP contribution in [-0.4, -0.2) is 41.4 Å². The number of fused-ring (bicyclic) bond motifs is 1. The van der Waals surface area contributed by atoms with Gasteiger partial charge in [-0.25, -0.2) is 0 Å². The summed E-state index contributed by atoms with van der Waals surface area (Å²) >= 11 is 3.52. The number of aliphatic hydroxyl groups excluding tert-OH is 1. The number of nitrogens with zero attached hydrogens (tertiary/aromatic N) is 1. The van der Waals surface area contributed by atoms with Gasteiger partial charge in [-0.2, -0.15) is 0 Å². The maximum Gasteiger partial charge on any atom is 0.196 e. The van der Waals surface area contributed by atoms with Gasteiger partial charge in [0.05, 0.1) is 6.10 Å². The Morgan fingerprint density at radius 1 is 1.30 bits per heavy atom. The van der Waals surface area contributed by atoms with Gasteiger partial charge in [0.2, 0.25) is 0 Å². The van der Waals surface area contributed by atoms with Gasteiger partial charge in [0.25, 0.3) is 0 Å². The lowest BCUT2D eigenvalue weighted by Crippen LogP contribution is -2.40. The normalized spacial score (nSPS) is 19.9. The number of hydrogen-bond acceptors (Lipinski definition) is 6. The third kappa shape index (κ3) is 3.97. The number of likely N-dealkylation sites (N-methyl/N-ethyl adjacent to an activating group) is 1. The fourth-order valence-corrected chi connectivity index (χ4v) is 4.50. The lowest BCUT2D eigenvalue weighted by molar-refractivity contribution is 0.0626. The van der Waals surface area contributed by atoms with Crippen molar-refractivity contribution in [2.24, 2.45) is 0 Å². The molecule has 0 amide bonds. The van der Waals surface area contributed by atoms with Gasteiger partial charge in [0.15, 0.2) is 5.43 Å². The molecule has 0 aliphatic carbocycles. The Labute approximate surface area is 182 Å². The maximum atomic E-state index is 12.6. The molecule has 1 aromatic heterocycles. The van der Waals surface area contributed by atoms with Crippen molar-refractivity contribution in [3.63, 3.8) is 0 Å². The number of piperidine rings is 1. The number of benzene rings is 2. The van der Waals surface area contributed by atoms with Gasteiger partial charge in [-0.05, 0) is 33.0 Å². The second kappa shape index (κ2) is 8.41. The number of aryl methyl sites for hydroxylation is 1. The highest BCUT2D eigenvalue weighted by Crippen LogP contribution is 2.42. The smallest absolute Gasteiger partial charge is 0.196 e. The zero-order chi connectivity index (χ0) is 21.4. The average Bonchev–Trinajstić information content (AvgIpc) is 2.67. The standard InChI is InChI=1S/C23H24BrNO5/c1-13-9-17(26)22-18(27)10-20(29-12-14-5-3-4-6-16(14)24)21(23(22)30-13)15-7-8-25(2)11-19(15)28/h3-6,9-10,15,19,27-28H,7-8,11-12H2,1-2H3. The molecule has 0 bridgehead atoms. The number of phenolic OH excluding ortho intramolecular Hbond substituents is 1. The first-order valence-electron chi connectivity index (χ1n) is 9.88. The Hall–Kier alpha value is -2.35. The minimum Gasteiger partial charge on any atom is -0.507 e. The molecule has 2 N–H and O–H groups in total. The van der Waals surface area contributed by atoms with Crippen LogP contribution in [0.4, 0.5) is 0 Å². The van der Waals surface area contributed by atoms with Gasteiger partial charge >= 0.3 is 0 Å². The summed E-state index contributed by atoms with van der Waals surface area (Å²) in [5.41, 5.74) is 1.55. The molecule has 2 atom stereocenters. The molecule has 30 heavy (non-hydrogen) atoms. The lowest BCUT2D eigenvalue weighted by Gasteiger charge is -2.34. The summed E-state index contributed by atoms with van der Waals surface area (Å²) in [6.45, 7) is 3.26. The van der Waals surface area contributed by atoms with E-state index >= 15 is 0 Å². The molecule has 2 heterocycles. The van der Waals surface area contributed by atoms with Crippen LogP contribution >= 0.6 is 15.9 Å². The summed E-state index contributed by atoms with van der Waals surface area (Å²) < 4.78 is 13.0. The average molecular weight is 474 g/mol. The van der Waals surface area contributed by atoms with E-state index in [0.717, 1.165) is 16.6 Å². The van der Waals surface area contributed by atoms with E-state index in [1.807, 2.05) is 31.3 Å². The molecule has 158 valence electrons. The predicted octanol–water partition coefficient (Wildman–Crippen LogP) is 3.93. The number of rotatable bonds is 4. The Bertz CT molecular complexity index is 1140. The number of β-amino-alcohol motifs (C(OH)–C–C–N with tert-alkyl or cyclic N) is 1. The summed E-state index contributed by atoms with van der Waals surface area (Å²) in [6, 6.07) is 10.5. The molecule has 1 fully saturated rings. The molecule has 0 radical (unpaired) electrons. The monoisotopic (exact) mass is 473 g/mol. The van der Waals surface area contributed by atoms with Crippen LogP contribution in [0.25, 0.3) is 11.0 Å². The molecule has 1 aliphatic rings. The number of aliphatic hydroxyl groups is 1. The van der Waals surface area contributed by atoms with Crippen LogP contribution in [0.5, 0.6) is 11.5 Å². The Morgan fingerprint density at radius 2 is 2.07 bits per heavy atom. The first-order valence-corrected chi connectivity index (χ1v) is 10.7. The maximum absolute atomic E-state index is 12.6. The molecule has 2 aromatic carbocycles. The summed E-state index contributed by atoms with van der Waals surface area (Å²) in [5.74, 6) is 0.395. The number of aromatic hydroxyl groups is 1. The van der Waals surface area contributed by atoms with E-state index in [-0.39, 0.29) is 34.7 Å². The molecule has 0 spiro atoms. The number of likely N-dealkylation sites (tertiary alicyclic amines) is 1. The van der Waals surface area contributed by atoms with Gasteiger partial charge in [-0.15, -0.1) is 0 Å². The van der Waals surface area contributed by atoms with E-state index in [9.17, 15) is 15.0 Å². The van der Waals surface area contributed by atoms with E-state index in [2.05, 4.69) is 20.8 Å². The highest BCUT2D eigenvalue weighted by atomic mass is 79.9. The van der Waals surface area contributed by atoms with Gasteiger partial charge in [-0.3, -0.25) is 4.79 Å². The highest BCUT2D eigenvalue weighted by molar-refractivity contribution is 9.10. The van der Waals surface area contributed by atoms with Crippen molar-refractivity contribution in [2.75, 3.05) is 20.1 Å². The molecule has 7 heteroatoms. The molecule has 0 saturated carbocycles. The van der Waals surface area contributed by atoms with Crippen LogP contribution in [0, 0.1) is 6.92 Å². The van der Waals surface area contributed by atoms with Crippen LogP contribution < -0.4 is 10.2 Å². The van der Waals surface area contributed by atoms with Crippen molar-refractivity contribution in [2.45, 2.75) is 32.0 Å². The quantitative estimate of drug-likeness (QED) is 0.597. The molecule has 4 rings (SSSR count). The van der Waals surface area contributed by atoms with Crippen LogP contribution in [0.1, 0.15) is 29.2 Å². The second-order valence-corrected chi connectivity index (χ2v) is 8.69. The Balaban J connectivity index is 1.86. The topological polar surface area (TPSA) is 83.1 Å². The Morgan fingerprint density at radius 3 is 2.80 bits per heavy atom. The number of hydrogen-bond donors (Lipinski definition) is 2. The molecule has 3 aromatic rings. The third-order valence-corrected chi connectivity index (χ3v) is 6.38. The fourth-order valence-electron chi connectivity index (χ4n) is 4.10. The minimum absolute atomic E-state index is 0.120. The Kier molecular flexibility index (Phi) is 5.86. The lowest BCUT2D eigenvalue weighted by atomic mass is 9.85. The second-order valence-electron chi connectivity index (χ2n) is 7.84. The number of halogens is 1. The van der Waals surface area contributed by atoms with Crippen molar-refractivity contribution in [1.29, 1.82) is 0 Å². The van der Waals surface area contributed by atoms with Crippen LogP contribution in [0.15, 0.2) is 50.1 Å². The van der Waals surface area contributed by atoms with Crippen molar-refractivity contribution >= 4 is 26.9 Å². The molecule has 1 aliphatic heterocycles. The van der Waals surface area contributed by atoms with E-state index in [0.29, 0.717) is 30.0 Å². The number of phenols is 1. The highest BCUT2D eigenvalue weighted by Gasteiger charge is 2.33. The SMILES string of the molecule is Cc1cc(=O)c2c(O)cc(OCc3ccccc3Br)c(C3CCN(C)CC3O)c2o1. The van der Waals surface area contributed by atoms with E-state index in [4.69, 9.17) is 9.15 Å². The zero-order valence-corrected chi connectivity index (χ0v) is 18.5. The van der Waals surface area contributed by atoms with Crippen molar-refractivity contribution < 1.29 is 19.4 Å². The third-order valence-electron chi connectivity index (χ3n) is 5.60. The van der Waals surface area contributed by atoms with E-state index in [1.165, 1.54) is 12.1 Å². The summed E-state index contributed by atoms with van der Waals surface area (Å²) in [7, 11) is 1.96. The van der Waals surface area contributed by atoms with Gasteiger partial charge in [0.1, 0.15) is 34.8 Å². The largest absolute Gasteiger partial charge is 0.507 e. The van der Waals surface area contributed by atoms with Gasteiger partial charge in [0, 0.05) is 40.2 Å². The van der Waals surface area contributed by atoms with Crippen molar-refractivity contribution in [1.82, 2.24) is 4.90 Å². The van der Waals surface area contributed by atoms with Crippen LogP contribution in [0.3, 0.4) is 0 Å². The van der Waals surface area contributed by atoms with Gasteiger partial charge in [-0.1, -0.05) is 34.1 Å².